The molecular formula is C23H32N2O3. The molecule has 0 bridgehead atoms. The molecule has 1 saturated carbocycles. The third-order valence-corrected chi connectivity index (χ3v) is 6.81. The number of benzene rings is 1. The zero-order valence-electron chi connectivity index (χ0n) is 16.9. The van der Waals surface area contributed by atoms with Gasteiger partial charge in [0.1, 0.15) is 5.75 Å². The summed E-state index contributed by atoms with van der Waals surface area (Å²) >= 11 is 0. The van der Waals surface area contributed by atoms with Crippen LogP contribution in [0.3, 0.4) is 0 Å². The van der Waals surface area contributed by atoms with Crippen molar-refractivity contribution < 1.29 is 14.3 Å². The Bertz CT molecular complexity index is 696. The minimum absolute atomic E-state index is 0.108. The number of rotatable bonds is 4. The first-order valence-electron chi connectivity index (χ1n) is 10.9. The second kappa shape index (κ2) is 8.54. The maximum Gasteiger partial charge on any atom is 0.228 e. The first-order valence-corrected chi connectivity index (χ1v) is 10.9. The Morgan fingerprint density at radius 3 is 2.43 bits per heavy atom. The molecule has 5 nitrogen and oxygen atoms in total. The van der Waals surface area contributed by atoms with Crippen molar-refractivity contribution >= 4 is 11.8 Å². The summed E-state index contributed by atoms with van der Waals surface area (Å²) in [7, 11) is 1.67. The van der Waals surface area contributed by atoms with Gasteiger partial charge in [0.15, 0.2) is 0 Å². The zero-order chi connectivity index (χ0) is 19.5. The highest BCUT2D eigenvalue weighted by molar-refractivity contribution is 5.89. The Labute approximate surface area is 168 Å². The van der Waals surface area contributed by atoms with Crippen LogP contribution in [0.1, 0.15) is 69.4 Å². The Morgan fingerprint density at radius 2 is 1.71 bits per heavy atom. The van der Waals surface area contributed by atoms with Crippen molar-refractivity contribution in [2.45, 2.75) is 69.9 Å². The van der Waals surface area contributed by atoms with E-state index in [1.165, 1.54) is 18.4 Å². The average Bonchev–Trinajstić information content (AvgIpc) is 3.31. The lowest BCUT2D eigenvalue weighted by Crippen LogP contribution is -2.41. The molecule has 0 radical (unpaired) electrons. The summed E-state index contributed by atoms with van der Waals surface area (Å²) in [5.74, 6) is 1.02. The van der Waals surface area contributed by atoms with E-state index in [-0.39, 0.29) is 23.8 Å². The van der Waals surface area contributed by atoms with E-state index in [0.717, 1.165) is 50.8 Å². The zero-order valence-corrected chi connectivity index (χ0v) is 16.9. The number of hydrogen-bond donors (Lipinski definition) is 0. The van der Waals surface area contributed by atoms with E-state index in [1.54, 1.807) is 7.11 Å². The van der Waals surface area contributed by atoms with Crippen LogP contribution >= 0.6 is 0 Å². The Balaban J connectivity index is 1.50. The normalized spacial score (nSPS) is 26.5. The minimum atomic E-state index is -0.174. The molecule has 4 rings (SSSR count). The lowest BCUT2D eigenvalue weighted by molar-refractivity contribution is -0.138. The van der Waals surface area contributed by atoms with Crippen LogP contribution in [0, 0.1) is 5.92 Å². The average molecular weight is 385 g/mol. The topological polar surface area (TPSA) is 49.9 Å². The molecule has 1 aromatic carbocycles. The number of methoxy groups -OCH3 is 1. The van der Waals surface area contributed by atoms with Crippen LogP contribution in [0.25, 0.3) is 0 Å². The predicted octanol–water partition coefficient (Wildman–Crippen LogP) is 3.93. The summed E-state index contributed by atoms with van der Waals surface area (Å²) in [4.78, 5) is 30.2. The van der Waals surface area contributed by atoms with Crippen LogP contribution in [-0.4, -0.2) is 47.9 Å². The van der Waals surface area contributed by atoms with Gasteiger partial charge in [-0.15, -0.1) is 0 Å². The van der Waals surface area contributed by atoms with Gasteiger partial charge in [-0.2, -0.15) is 0 Å². The fourth-order valence-electron chi connectivity index (χ4n) is 5.25. The maximum atomic E-state index is 13.5. The Morgan fingerprint density at radius 1 is 1.00 bits per heavy atom. The highest BCUT2D eigenvalue weighted by Crippen LogP contribution is 2.35. The number of ether oxygens (including phenoxy) is 1. The van der Waals surface area contributed by atoms with E-state index in [9.17, 15) is 9.59 Å². The molecule has 0 N–H and O–H groups in total. The van der Waals surface area contributed by atoms with Crippen LogP contribution in [0.15, 0.2) is 24.3 Å². The summed E-state index contributed by atoms with van der Waals surface area (Å²) in [6, 6.07) is 8.59. The molecule has 0 unspecified atom stereocenters. The molecule has 2 amide bonds. The highest BCUT2D eigenvalue weighted by Gasteiger charge is 2.41. The van der Waals surface area contributed by atoms with Gasteiger partial charge in [-0.25, -0.2) is 0 Å². The van der Waals surface area contributed by atoms with Gasteiger partial charge >= 0.3 is 0 Å². The molecule has 0 aromatic heterocycles. The predicted molar refractivity (Wildman–Crippen MR) is 108 cm³/mol. The number of carbonyl (C=O) groups excluding carboxylic acids is 2. The van der Waals surface area contributed by atoms with E-state index < -0.39 is 0 Å². The van der Waals surface area contributed by atoms with Gasteiger partial charge in [-0.05, 0) is 43.4 Å². The van der Waals surface area contributed by atoms with E-state index in [0.29, 0.717) is 19.0 Å². The van der Waals surface area contributed by atoms with Gasteiger partial charge in [0, 0.05) is 25.6 Å². The van der Waals surface area contributed by atoms with Crippen molar-refractivity contribution in [2.24, 2.45) is 5.92 Å². The standard InChI is InChI=1S/C23H32N2O3/c1-28-20-12-10-17(11-13-20)21-9-3-2-6-14-24(21)23(27)18-15-22(26)25(16-18)19-7-4-5-8-19/h10-13,18-19,21H,2-9,14-16H2,1H3/t18-,21-/m1/s1. The number of hydrogen-bond acceptors (Lipinski definition) is 3. The summed E-state index contributed by atoms with van der Waals surface area (Å²) in [5.41, 5.74) is 1.17. The molecule has 0 spiro atoms. The van der Waals surface area contributed by atoms with Crippen LogP contribution in [0.2, 0.25) is 0 Å². The fourth-order valence-corrected chi connectivity index (χ4v) is 5.25. The quantitative estimate of drug-likeness (QED) is 0.790. The second-order valence-electron chi connectivity index (χ2n) is 8.56. The molecule has 152 valence electrons. The third-order valence-electron chi connectivity index (χ3n) is 6.81. The molecule has 2 heterocycles. The van der Waals surface area contributed by atoms with Gasteiger partial charge in [-0.1, -0.05) is 37.8 Å². The monoisotopic (exact) mass is 384 g/mol. The van der Waals surface area contributed by atoms with Crippen molar-refractivity contribution in [3.05, 3.63) is 29.8 Å². The first kappa shape index (κ1) is 19.3. The maximum absolute atomic E-state index is 13.5. The molecule has 2 aliphatic heterocycles. The molecule has 3 fully saturated rings. The molecule has 5 heteroatoms. The van der Waals surface area contributed by atoms with Crippen LogP contribution in [0.5, 0.6) is 5.75 Å². The van der Waals surface area contributed by atoms with Crippen LogP contribution in [0.4, 0.5) is 0 Å². The lowest BCUT2D eigenvalue weighted by atomic mass is 9.98. The lowest BCUT2D eigenvalue weighted by Gasteiger charge is -2.33. The molecular weight excluding hydrogens is 352 g/mol. The van der Waals surface area contributed by atoms with Crippen molar-refractivity contribution in [1.29, 1.82) is 0 Å². The van der Waals surface area contributed by atoms with Gasteiger partial charge < -0.3 is 14.5 Å². The number of likely N-dealkylation sites (tertiary alicyclic amines) is 2. The van der Waals surface area contributed by atoms with E-state index in [2.05, 4.69) is 17.0 Å². The SMILES string of the molecule is COc1ccc([C@H]2CCCCCN2C(=O)[C@@H]2CC(=O)N(C3CCCC3)C2)cc1. The molecule has 1 aliphatic carbocycles. The van der Waals surface area contributed by atoms with Gasteiger partial charge in [-0.3, -0.25) is 9.59 Å². The van der Waals surface area contributed by atoms with E-state index >= 15 is 0 Å². The largest absolute Gasteiger partial charge is 0.497 e. The Kier molecular flexibility index (Phi) is 5.88. The van der Waals surface area contributed by atoms with Gasteiger partial charge in [0.05, 0.1) is 19.1 Å². The van der Waals surface area contributed by atoms with Crippen LogP contribution < -0.4 is 4.74 Å². The minimum Gasteiger partial charge on any atom is -0.497 e. The molecule has 28 heavy (non-hydrogen) atoms. The smallest absolute Gasteiger partial charge is 0.228 e. The number of carbonyl (C=O) groups is 2. The van der Waals surface area contributed by atoms with Crippen molar-refractivity contribution in [3.63, 3.8) is 0 Å². The van der Waals surface area contributed by atoms with Crippen molar-refractivity contribution in [3.8, 4) is 5.75 Å². The van der Waals surface area contributed by atoms with E-state index in [1.807, 2.05) is 17.0 Å². The second-order valence-corrected chi connectivity index (χ2v) is 8.56. The molecule has 2 atom stereocenters. The molecule has 3 aliphatic rings. The van der Waals surface area contributed by atoms with E-state index in [4.69, 9.17) is 4.74 Å². The van der Waals surface area contributed by atoms with Crippen molar-refractivity contribution in [2.75, 3.05) is 20.2 Å². The number of nitrogens with zero attached hydrogens (tertiary/aromatic N) is 2. The number of amides is 2. The third kappa shape index (κ3) is 3.89. The first-order chi connectivity index (χ1) is 13.7. The summed E-state index contributed by atoms with van der Waals surface area (Å²) in [6.45, 7) is 1.41. The van der Waals surface area contributed by atoms with Crippen LogP contribution in [-0.2, 0) is 9.59 Å². The summed E-state index contributed by atoms with van der Waals surface area (Å²) in [6.07, 6.45) is 9.34. The van der Waals surface area contributed by atoms with Crippen molar-refractivity contribution in [1.82, 2.24) is 9.80 Å². The molecule has 2 saturated heterocycles. The fraction of sp³-hybridized carbons (Fsp3) is 0.652. The van der Waals surface area contributed by atoms with Gasteiger partial charge in [0.2, 0.25) is 11.8 Å². The van der Waals surface area contributed by atoms with Gasteiger partial charge in [0.25, 0.3) is 0 Å². The Hall–Kier alpha value is -2.04. The molecule has 1 aromatic rings. The summed E-state index contributed by atoms with van der Waals surface area (Å²) < 4.78 is 5.29. The summed E-state index contributed by atoms with van der Waals surface area (Å²) in [5, 5.41) is 0. The highest BCUT2D eigenvalue weighted by atomic mass is 16.5.